The maximum absolute atomic E-state index is 4.44. The molecule has 5 nitrogen and oxygen atoms in total. The number of anilines is 2. The van der Waals surface area contributed by atoms with Gasteiger partial charge in [0.05, 0.1) is 0 Å². The summed E-state index contributed by atoms with van der Waals surface area (Å²) in [4.78, 5) is 12.8. The third-order valence-electron chi connectivity index (χ3n) is 4.64. The summed E-state index contributed by atoms with van der Waals surface area (Å²) in [5.41, 5.74) is 1.62. The minimum Gasteiger partial charge on any atom is -0.354 e. The van der Waals surface area contributed by atoms with Crippen molar-refractivity contribution in [3.05, 3.63) is 42.2 Å². The Hall–Kier alpha value is -2.17. The van der Waals surface area contributed by atoms with Crippen LogP contribution in [0.1, 0.15) is 64.9 Å². The van der Waals surface area contributed by atoms with Crippen LogP contribution in [0, 0.1) is 5.41 Å². The lowest BCUT2D eigenvalue weighted by molar-refractivity contribution is 0.291. The van der Waals surface area contributed by atoms with Crippen LogP contribution in [0.25, 0.3) is 0 Å². The van der Waals surface area contributed by atoms with Gasteiger partial charge in [0, 0.05) is 13.1 Å². The fourth-order valence-corrected chi connectivity index (χ4v) is 2.99. The summed E-state index contributed by atoms with van der Waals surface area (Å²) in [5, 5.41) is 6.56. The molecule has 1 heterocycles. The van der Waals surface area contributed by atoms with E-state index >= 15 is 0 Å². The van der Waals surface area contributed by atoms with Gasteiger partial charge in [0.15, 0.2) is 0 Å². The molecule has 0 amide bonds. The van der Waals surface area contributed by atoms with Crippen LogP contribution in [0.5, 0.6) is 0 Å². The van der Waals surface area contributed by atoms with Gasteiger partial charge >= 0.3 is 0 Å². The Morgan fingerprint density at radius 1 is 0.885 bits per heavy atom. The topological polar surface area (TPSA) is 62.7 Å². The zero-order valence-electron chi connectivity index (χ0n) is 16.5. The summed E-state index contributed by atoms with van der Waals surface area (Å²) in [6.45, 7) is 8.60. The highest BCUT2D eigenvalue weighted by Crippen LogP contribution is 2.29. The molecule has 26 heavy (non-hydrogen) atoms. The van der Waals surface area contributed by atoms with Crippen LogP contribution in [0.2, 0.25) is 0 Å². The number of nitrogens with one attached hydrogen (secondary N) is 2. The Labute approximate surface area is 158 Å². The molecule has 0 unspecified atom stereocenters. The van der Waals surface area contributed by atoms with Crippen molar-refractivity contribution in [2.45, 2.75) is 65.8 Å². The summed E-state index contributed by atoms with van der Waals surface area (Å²) in [7, 11) is 0. The molecule has 5 heteroatoms. The standard InChI is InChI=1S/C21H33N5/c1-4-5-9-13-21(2,3)14-10-15-22-19-24-17-25-20(26-19)23-16-18-11-7-6-8-12-18/h6-8,11-12,17H,4-5,9-10,13-16H2,1-3H3,(H2,22,23,24,25,26). The Kier molecular flexibility index (Phi) is 8.32. The van der Waals surface area contributed by atoms with Crippen LogP contribution in [-0.2, 0) is 6.54 Å². The van der Waals surface area contributed by atoms with Gasteiger partial charge in [-0.15, -0.1) is 0 Å². The summed E-state index contributed by atoms with van der Waals surface area (Å²) >= 11 is 0. The van der Waals surface area contributed by atoms with E-state index in [1.165, 1.54) is 37.7 Å². The summed E-state index contributed by atoms with van der Waals surface area (Å²) in [6.07, 6.45) is 9.16. The lowest BCUT2D eigenvalue weighted by Crippen LogP contribution is -2.15. The Morgan fingerprint density at radius 3 is 2.31 bits per heavy atom. The molecule has 0 aliphatic heterocycles. The maximum Gasteiger partial charge on any atom is 0.227 e. The van der Waals surface area contributed by atoms with Gasteiger partial charge in [-0.05, 0) is 30.2 Å². The zero-order chi connectivity index (χ0) is 18.7. The molecule has 2 aromatic rings. The van der Waals surface area contributed by atoms with Crippen molar-refractivity contribution in [3.63, 3.8) is 0 Å². The molecular weight excluding hydrogens is 322 g/mol. The first kappa shape index (κ1) is 20.1. The van der Waals surface area contributed by atoms with E-state index in [1.54, 1.807) is 6.33 Å². The molecule has 0 aliphatic rings. The van der Waals surface area contributed by atoms with Crippen LogP contribution in [0.4, 0.5) is 11.9 Å². The van der Waals surface area contributed by atoms with E-state index < -0.39 is 0 Å². The number of hydrogen-bond acceptors (Lipinski definition) is 5. The molecule has 0 fully saturated rings. The van der Waals surface area contributed by atoms with Crippen LogP contribution in [0.15, 0.2) is 36.7 Å². The molecule has 142 valence electrons. The molecule has 0 saturated heterocycles. The van der Waals surface area contributed by atoms with Gasteiger partial charge in [-0.25, -0.2) is 9.97 Å². The summed E-state index contributed by atoms with van der Waals surface area (Å²) < 4.78 is 0. The van der Waals surface area contributed by atoms with Gasteiger partial charge in [-0.1, -0.05) is 70.4 Å². The van der Waals surface area contributed by atoms with Gasteiger partial charge < -0.3 is 10.6 Å². The van der Waals surface area contributed by atoms with E-state index in [-0.39, 0.29) is 0 Å². The number of hydrogen-bond donors (Lipinski definition) is 2. The first-order valence-corrected chi connectivity index (χ1v) is 9.80. The van der Waals surface area contributed by atoms with Gasteiger partial charge in [0.1, 0.15) is 6.33 Å². The predicted molar refractivity (Wildman–Crippen MR) is 109 cm³/mol. The second kappa shape index (κ2) is 10.7. The second-order valence-corrected chi connectivity index (χ2v) is 7.62. The van der Waals surface area contributed by atoms with E-state index in [4.69, 9.17) is 0 Å². The third kappa shape index (κ3) is 7.81. The van der Waals surface area contributed by atoms with Crippen molar-refractivity contribution in [2.75, 3.05) is 17.2 Å². The van der Waals surface area contributed by atoms with Crippen LogP contribution in [0.3, 0.4) is 0 Å². The minimum absolute atomic E-state index is 0.415. The van der Waals surface area contributed by atoms with E-state index in [9.17, 15) is 0 Å². The molecule has 1 aromatic heterocycles. The number of benzene rings is 1. The summed E-state index contributed by atoms with van der Waals surface area (Å²) in [5.74, 6) is 1.24. The monoisotopic (exact) mass is 355 g/mol. The molecule has 0 aliphatic carbocycles. The first-order chi connectivity index (χ1) is 12.6. The predicted octanol–water partition coefficient (Wildman–Crippen LogP) is 5.28. The number of nitrogens with zero attached hydrogens (tertiary/aromatic N) is 3. The molecule has 1 aromatic carbocycles. The molecule has 0 saturated carbocycles. The molecule has 0 radical (unpaired) electrons. The third-order valence-corrected chi connectivity index (χ3v) is 4.64. The van der Waals surface area contributed by atoms with Crippen LogP contribution in [-0.4, -0.2) is 21.5 Å². The number of unbranched alkanes of at least 4 members (excludes halogenated alkanes) is 2. The zero-order valence-corrected chi connectivity index (χ0v) is 16.5. The Morgan fingerprint density at radius 2 is 1.58 bits per heavy atom. The lowest BCUT2D eigenvalue weighted by Gasteiger charge is -2.24. The van der Waals surface area contributed by atoms with Crippen molar-refractivity contribution in [1.82, 2.24) is 15.0 Å². The maximum atomic E-state index is 4.44. The molecule has 2 rings (SSSR count). The highest BCUT2D eigenvalue weighted by atomic mass is 15.2. The van der Waals surface area contributed by atoms with E-state index in [2.05, 4.69) is 58.5 Å². The van der Waals surface area contributed by atoms with Crippen molar-refractivity contribution >= 4 is 11.9 Å². The number of rotatable bonds is 12. The van der Waals surface area contributed by atoms with E-state index in [0.29, 0.717) is 23.9 Å². The van der Waals surface area contributed by atoms with Crippen LogP contribution >= 0.6 is 0 Å². The lowest BCUT2D eigenvalue weighted by atomic mass is 9.82. The average molecular weight is 356 g/mol. The van der Waals surface area contributed by atoms with E-state index in [1.807, 2.05) is 18.2 Å². The molecule has 2 N–H and O–H groups in total. The van der Waals surface area contributed by atoms with Gasteiger partial charge in [0.2, 0.25) is 11.9 Å². The molecule has 0 atom stereocenters. The quantitative estimate of drug-likeness (QED) is 0.507. The second-order valence-electron chi connectivity index (χ2n) is 7.62. The van der Waals surface area contributed by atoms with Crippen molar-refractivity contribution in [2.24, 2.45) is 5.41 Å². The van der Waals surface area contributed by atoms with Gasteiger partial charge in [0.25, 0.3) is 0 Å². The summed E-state index contributed by atoms with van der Waals surface area (Å²) in [6, 6.07) is 10.2. The van der Waals surface area contributed by atoms with Gasteiger partial charge in [-0.3, -0.25) is 0 Å². The van der Waals surface area contributed by atoms with Gasteiger partial charge in [-0.2, -0.15) is 4.98 Å². The van der Waals surface area contributed by atoms with E-state index in [0.717, 1.165) is 13.0 Å². The minimum atomic E-state index is 0.415. The van der Waals surface area contributed by atoms with Crippen molar-refractivity contribution < 1.29 is 0 Å². The Bertz CT molecular complexity index is 627. The normalized spacial score (nSPS) is 11.3. The first-order valence-electron chi connectivity index (χ1n) is 9.80. The van der Waals surface area contributed by atoms with Crippen molar-refractivity contribution in [3.8, 4) is 0 Å². The molecule has 0 bridgehead atoms. The van der Waals surface area contributed by atoms with Crippen molar-refractivity contribution in [1.29, 1.82) is 0 Å². The molecule has 0 spiro atoms. The SMILES string of the molecule is CCCCCC(C)(C)CCCNc1ncnc(NCc2ccccc2)n1. The number of aromatic nitrogens is 3. The average Bonchev–Trinajstić information content (AvgIpc) is 2.65. The largest absolute Gasteiger partial charge is 0.354 e. The Balaban J connectivity index is 1.71. The fraction of sp³-hybridized carbons (Fsp3) is 0.571. The fourth-order valence-electron chi connectivity index (χ4n) is 2.99. The highest BCUT2D eigenvalue weighted by molar-refractivity contribution is 5.33. The molecular formula is C21H33N5. The van der Waals surface area contributed by atoms with Crippen LogP contribution < -0.4 is 10.6 Å². The smallest absolute Gasteiger partial charge is 0.227 e. The highest BCUT2D eigenvalue weighted by Gasteiger charge is 2.16.